The van der Waals surface area contributed by atoms with Crippen LogP contribution in [-0.2, 0) is 4.79 Å². The number of carbonyl (C=O) groups excluding carboxylic acids is 1. The maximum Gasteiger partial charge on any atom is 0.406 e. The Kier molecular flexibility index (Phi) is 3.34. The van der Waals surface area contributed by atoms with Crippen LogP contribution in [0.2, 0.25) is 0 Å². The molecular formula is C12H19F3N2O. The van der Waals surface area contributed by atoms with Crippen LogP contribution in [0.3, 0.4) is 0 Å². The van der Waals surface area contributed by atoms with Crippen molar-refractivity contribution >= 4 is 5.91 Å². The van der Waals surface area contributed by atoms with Gasteiger partial charge < -0.3 is 10.6 Å². The van der Waals surface area contributed by atoms with Gasteiger partial charge in [-0.2, -0.15) is 13.2 Å². The van der Waals surface area contributed by atoms with Crippen LogP contribution in [0.15, 0.2) is 0 Å². The fraction of sp³-hybridized carbons (Fsp3) is 0.917. The van der Waals surface area contributed by atoms with Crippen molar-refractivity contribution in [3.63, 3.8) is 0 Å². The van der Waals surface area contributed by atoms with Crippen molar-refractivity contribution in [2.24, 2.45) is 11.7 Å². The normalized spacial score (nSPS) is 24.3. The first-order valence-corrected chi connectivity index (χ1v) is 6.40. The minimum Gasteiger partial charge on any atom is -0.329 e. The van der Waals surface area contributed by atoms with Gasteiger partial charge in [0.25, 0.3) is 0 Å². The molecule has 2 saturated carbocycles. The van der Waals surface area contributed by atoms with Crippen LogP contribution in [0.1, 0.15) is 39.0 Å². The molecule has 1 amide bonds. The van der Waals surface area contributed by atoms with E-state index in [2.05, 4.69) is 0 Å². The number of hydrogen-bond donors (Lipinski definition) is 1. The van der Waals surface area contributed by atoms with Gasteiger partial charge in [-0.05, 0) is 44.9 Å². The number of carbonyl (C=O) groups is 1. The summed E-state index contributed by atoms with van der Waals surface area (Å²) in [5, 5.41) is 0. The molecule has 18 heavy (non-hydrogen) atoms. The van der Waals surface area contributed by atoms with E-state index in [1.54, 1.807) is 6.92 Å². The second kappa shape index (κ2) is 4.40. The predicted molar refractivity (Wildman–Crippen MR) is 60.7 cm³/mol. The number of halogens is 3. The van der Waals surface area contributed by atoms with Gasteiger partial charge in [0, 0.05) is 6.04 Å². The predicted octanol–water partition coefficient (Wildman–Crippen LogP) is 2.06. The van der Waals surface area contributed by atoms with Crippen LogP contribution in [-0.4, -0.2) is 35.1 Å². The van der Waals surface area contributed by atoms with Crippen LogP contribution in [0.4, 0.5) is 13.2 Å². The Morgan fingerprint density at radius 2 is 2.00 bits per heavy atom. The Labute approximate surface area is 104 Å². The maximum absolute atomic E-state index is 12.6. The lowest BCUT2D eigenvalue weighted by Crippen LogP contribution is -2.62. The number of alkyl halides is 3. The van der Waals surface area contributed by atoms with Crippen molar-refractivity contribution in [2.45, 2.75) is 56.8 Å². The van der Waals surface area contributed by atoms with Crippen molar-refractivity contribution in [1.82, 2.24) is 4.90 Å². The van der Waals surface area contributed by atoms with Gasteiger partial charge in [0.05, 0.1) is 5.54 Å². The van der Waals surface area contributed by atoms with Crippen molar-refractivity contribution in [3.8, 4) is 0 Å². The van der Waals surface area contributed by atoms with E-state index in [1.807, 2.05) is 0 Å². The maximum atomic E-state index is 12.6. The fourth-order valence-corrected chi connectivity index (χ4v) is 2.48. The summed E-state index contributed by atoms with van der Waals surface area (Å²) in [5.74, 6) is -0.314. The summed E-state index contributed by atoms with van der Waals surface area (Å²) in [6.07, 6.45) is -0.741. The average Bonchev–Trinajstić information content (AvgIpc) is 3.02. The van der Waals surface area contributed by atoms with Gasteiger partial charge in [-0.1, -0.05) is 0 Å². The summed E-state index contributed by atoms with van der Waals surface area (Å²) in [6, 6.07) is -0.361. The standard InChI is InChI=1S/C12H19F3N2O/c1-8(9-3-4-9)17(7-12(13,14)15)10(18)11(16)5-2-6-11/h8-9H,2-7,16H2,1H3. The molecule has 3 nitrogen and oxygen atoms in total. The van der Waals surface area contributed by atoms with E-state index in [9.17, 15) is 18.0 Å². The molecule has 2 aliphatic rings. The third-order valence-corrected chi connectivity index (χ3v) is 4.08. The summed E-state index contributed by atoms with van der Waals surface area (Å²) in [4.78, 5) is 13.2. The van der Waals surface area contributed by atoms with E-state index < -0.39 is 24.2 Å². The fourth-order valence-electron chi connectivity index (χ4n) is 2.48. The minimum absolute atomic E-state index is 0.208. The Bertz CT molecular complexity index is 335. The largest absolute Gasteiger partial charge is 0.406 e. The van der Waals surface area contributed by atoms with Crippen LogP contribution < -0.4 is 5.73 Å². The molecule has 0 saturated heterocycles. The molecule has 0 spiro atoms. The molecule has 104 valence electrons. The Balaban J connectivity index is 2.10. The Morgan fingerprint density at radius 3 is 2.33 bits per heavy atom. The summed E-state index contributed by atoms with van der Waals surface area (Å²) in [7, 11) is 0. The highest BCUT2D eigenvalue weighted by atomic mass is 19.4. The number of nitrogens with two attached hydrogens (primary N) is 1. The molecule has 2 rings (SSSR count). The second-order valence-electron chi connectivity index (χ2n) is 5.64. The van der Waals surface area contributed by atoms with Gasteiger partial charge in [0.1, 0.15) is 6.54 Å². The van der Waals surface area contributed by atoms with E-state index >= 15 is 0 Å². The van der Waals surface area contributed by atoms with Gasteiger partial charge in [-0.3, -0.25) is 4.79 Å². The van der Waals surface area contributed by atoms with Gasteiger partial charge in [0.15, 0.2) is 0 Å². The smallest absolute Gasteiger partial charge is 0.329 e. The SMILES string of the molecule is CC(C1CC1)N(CC(F)(F)F)C(=O)C1(N)CCC1. The monoisotopic (exact) mass is 264 g/mol. The molecule has 0 bridgehead atoms. The first-order chi connectivity index (χ1) is 8.23. The number of hydrogen-bond acceptors (Lipinski definition) is 2. The zero-order valence-electron chi connectivity index (χ0n) is 10.5. The number of nitrogens with zero attached hydrogens (tertiary/aromatic N) is 1. The van der Waals surface area contributed by atoms with E-state index in [0.717, 1.165) is 24.2 Å². The number of rotatable bonds is 4. The molecule has 6 heteroatoms. The lowest BCUT2D eigenvalue weighted by atomic mass is 9.76. The second-order valence-corrected chi connectivity index (χ2v) is 5.64. The molecule has 0 heterocycles. The third kappa shape index (κ3) is 2.79. The molecule has 1 atom stereocenters. The Hall–Kier alpha value is -0.780. The zero-order valence-corrected chi connectivity index (χ0v) is 10.5. The highest BCUT2D eigenvalue weighted by molar-refractivity contribution is 5.87. The summed E-state index contributed by atoms with van der Waals surface area (Å²) in [5.41, 5.74) is 4.82. The zero-order chi connectivity index (χ0) is 13.6. The molecule has 0 aliphatic heterocycles. The van der Waals surface area contributed by atoms with E-state index in [0.29, 0.717) is 12.8 Å². The minimum atomic E-state index is -4.36. The molecule has 2 fully saturated rings. The molecule has 0 aromatic carbocycles. The molecule has 0 aromatic heterocycles. The van der Waals surface area contributed by atoms with Gasteiger partial charge in [-0.25, -0.2) is 0 Å². The van der Waals surface area contributed by atoms with Crippen LogP contribution in [0, 0.1) is 5.92 Å². The quantitative estimate of drug-likeness (QED) is 0.844. The van der Waals surface area contributed by atoms with E-state index in [4.69, 9.17) is 5.73 Å². The highest BCUT2D eigenvalue weighted by Crippen LogP contribution is 2.39. The van der Waals surface area contributed by atoms with Gasteiger partial charge >= 0.3 is 6.18 Å². The molecule has 0 aromatic rings. The van der Waals surface area contributed by atoms with E-state index in [-0.39, 0.29) is 12.0 Å². The lowest BCUT2D eigenvalue weighted by molar-refractivity contribution is -0.171. The Morgan fingerprint density at radius 1 is 1.44 bits per heavy atom. The van der Waals surface area contributed by atoms with Crippen LogP contribution in [0.5, 0.6) is 0 Å². The van der Waals surface area contributed by atoms with Gasteiger partial charge in [0.2, 0.25) is 5.91 Å². The van der Waals surface area contributed by atoms with Crippen molar-refractivity contribution in [3.05, 3.63) is 0 Å². The van der Waals surface area contributed by atoms with E-state index in [1.165, 1.54) is 0 Å². The summed E-state index contributed by atoms with van der Waals surface area (Å²) in [6.45, 7) is 0.520. The molecule has 0 radical (unpaired) electrons. The molecule has 2 aliphatic carbocycles. The van der Waals surface area contributed by atoms with Crippen molar-refractivity contribution in [2.75, 3.05) is 6.54 Å². The molecule has 2 N–H and O–H groups in total. The number of amides is 1. The molecule has 1 unspecified atom stereocenters. The van der Waals surface area contributed by atoms with Crippen LogP contribution in [0.25, 0.3) is 0 Å². The van der Waals surface area contributed by atoms with Crippen molar-refractivity contribution in [1.29, 1.82) is 0 Å². The topological polar surface area (TPSA) is 46.3 Å². The van der Waals surface area contributed by atoms with Gasteiger partial charge in [-0.15, -0.1) is 0 Å². The lowest BCUT2D eigenvalue weighted by Gasteiger charge is -2.42. The summed E-state index contributed by atoms with van der Waals surface area (Å²) >= 11 is 0. The van der Waals surface area contributed by atoms with Crippen molar-refractivity contribution < 1.29 is 18.0 Å². The first-order valence-electron chi connectivity index (χ1n) is 6.40. The summed E-state index contributed by atoms with van der Waals surface area (Å²) < 4.78 is 37.8. The molecular weight excluding hydrogens is 245 g/mol. The first kappa shape index (κ1) is 13.6. The highest BCUT2D eigenvalue weighted by Gasteiger charge is 2.48. The average molecular weight is 264 g/mol. The third-order valence-electron chi connectivity index (χ3n) is 4.08. The van der Waals surface area contributed by atoms with Crippen LogP contribution >= 0.6 is 0 Å².